The number of carbonyl (C=O) groups is 1. The molecule has 1 amide bonds. The molecule has 1 aromatic carbocycles. The molecule has 2 aliphatic heterocycles. The van der Waals surface area contributed by atoms with Crippen LogP contribution < -0.4 is 5.32 Å². The maximum absolute atomic E-state index is 13.4. The minimum Gasteiger partial charge on any atom is -0.368 e. The number of fused-ring (bicyclic) bond motifs is 1. The topological polar surface area (TPSA) is 38.3 Å². The molecule has 1 N–H and O–H groups in total. The lowest BCUT2D eigenvalue weighted by Gasteiger charge is -2.27. The van der Waals surface area contributed by atoms with E-state index < -0.39 is 0 Å². The van der Waals surface area contributed by atoms with Gasteiger partial charge in [0.25, 0.3) is 0 Å². The Morgan fingerprint density at radius 3 is 3.11 bits per heavy atom. The van der Waals surface area contributed by atoms with Crippen molar-refractivity contribution in [3.63, 3.8) is 0 Å². The van der Waals surface area contributed by atoms with Crippen molar-refractivity contribution < 1.29 is 13.9 Å². The summed E-state index contributed by atoms with van der Waals surface area (Å²) in [5.41, 5.74) is 0.891. The highest BCUT2D eigenvalue weighted by molar-refractivity contribution is 7.99. The maximum atomic E-state index is 13.4. The van der Waals surface area contributed by atoms with Crippen LogP contribution in [0.4, 0.5) is 4.39 Å². The molecule has 0 bridgehead atoms. The highest BCUT2D eigenvalue weighted by atomic mass is 32.2. The molecule has 0 aliphatic carbocycles. The lowest BCUT2D eigenvalue weighted by molar-refractivity contribution is -0.130. The SMILES string of the molecule is O=C(N[C@@H]1CCSc2ccc(F)cc21)[C@@H]1CCCO1. The van der Waals surface area contributed by atoms with Crippen LogP contribution in [0.3, 0.4) is 0 Å². The molecule has 0 saturated carbocycles. The molecule has 1 fully saturated rings. The molecule has 1 saturated heterocycles. The van der Waals surface area contributed by atoms with E-state index >= 15 is 0 Å². The van der Waals surface area contributed by atoms with Gasteiger partial charge >= 0.3 is 0 Å². The van der Waals surface area contributed by atoms with Crippen LogP contribution >= 0.6 is 11.8 Å². The minimum atomic E-state index is -0.327. The van der Waals surface area contributed by atoms with Crippen molar-refractivity contribution in [3.05, 3.63) is 29.6 Å². The summed E-state index contributed by atoms with van der Waals surface area (Å²) in [4.78, 5) is 13.1. The summed E-state index contributed by atoms with van der Waals surface area (Å²) in [7, 11) is 0. The van der Waals surface area contributed by atoms with Gasteiger partial charge in [-0.3, -0.25) is 4.79 Å². The highest BCUT2D eigenvalue weighted by Gasteiger charge is 2.28. The number of amides is 1. The Kier molecular flexibility index (Phi) is 3.75. The van der Waals surface area contributed by atoms with E-state index in [1.807, 2.05) is 0 Å². The molecule has 0 unspecified atom stereocenters. The molecule has 0 spiro atoms. The first kappa shape index (κ1) is 12.9. The van der Waals surface area contributed by atoms with E-state index in [-0.39, 0.29) is 23.9 Å². The maximum Gasteiger partial charge on any atom is 0.249 e. The Morgan fingerprint density at radius 2 is 2.32 bits per heavy atom. The zero-order valence-corrected chi connectivity index (χ0v) is 11.3. The van der Waals surface area contributed by atoms with Crippen LogP contribution in [0.5, 0.6) is 0 Å². The lowest BCUT2D eigenvalue weighted by atomic mass is 10.0. The second kappa shape index (κ2) is 5.51. The van der Waals surface area contributed by atoms with Gasteiger partial charge in [0.05, 0.1) is 6.04 Å². The molecule has 19 heavy (non-hydrogen) atoms. The predicted molar refractivity (Wildman–Crippen MR) is 71.6 cm³/mol. The fourth-order valence-corrected chi connectivity index (χ4v) is 3.67. The van der Waals surface area contributed by atoms with Crippen molar-refractivity contribution in [1.82, 2.24) is 5.32 Å². The first-order chi connectivity index (χ1) is 9.24. The summed E-state index contributed by atoms with van der Waals surface area (Å²) in [5, 5.41) is 3.00. The molecule has 3 nitrogen and oxygen atoms in total. The fourth-order valence-electron chi connectivity index (χ4n) is 2.56. The van der Waals surface area contributed by atoms with E-state index in [0.717, 1.165) is 35.5 Å². The van der Waals surface area contributed by atoms with Crippen LogP contribution in [0.2, 0.25) is 0 Å². The number of ether oxygens (including phenoxy) is 1. The van der Waals surface area contributed by atoms with E-state index in [4.69, 9.17) is 4.74 Å². The quantitative estimate of drug-likeness (QED) is 0.905. The molecule has 5 heteroatoms. The van der Waals surface area contributed by atoms with E-state index in [0.29, 0.717) is 6.61 Å². The van der Waals surface area contributed by atoms with Crippen LogP contribution in [0, 0.1) is 5.82 Å². The summed E-state index contributed by atoms with van der Waals surface area (Å²) < 4.78 is 18.7. The standard InChI is InChI=1S/C14H16FNO2S/c15-9-3-4-13-10(8-9)11(5-7-19-13)16-14(17)12-2-1-6-18-12/h3-4,8,11-12H,1-2,5-7H2,(H,16,17)/t11-,12+/m1/s1. The van der Waals surface area contributed by atoms with E-state index in [2.05, 4.69) is 5.32 Å². The summed E-state index contributed by atoms with van der Waals surface area (Å²) in [5.74, 6) is 0.622. The Balaban J connectivity index is 1.75. The molecular weight excluding hydrogens is 265 g/mol. The number of hydrogen-bond acceptors (Lipinski definition) is 3. The van der Waals surface area contributed by atoms with Crippen molar-refractivity contribution in [2.75, 3.05) is 12.4 Å². The molecule has 1 aromatic rings. The third-order valence-corrected chi connectivity index (χ3v) is 4.67. The number of halogens is 1. The number of rotatable bonds is 2. The predicted octanol–water partition coefficient (Wildman–Crippen LogP) is 2.66. The van der Waals surface area contributed by atoms with Crippen LogP contribution in [0.1, 0.15) is 30.9 Å². The number of benzene rings is 1. The molecule has 2 heterocycles. The smallest absolute Gasteiger partial charge is 0.249 e. The van der Waals surface area contributed by atoms with Crippen molar-refractivity contribution in [2.45, 2.75) is 36.3 Å². The number of hydrogen-bond donors (Lipinski definition) is 1. The largest absolute Gasteiger partial charge is 0.368 e. The first-order valence-corrected chi connectivity index (χ1v) is 7.57. The van der Waals surface area contributed by atoms with Gasteiger partial charge in [0.1, 0.15) is 11.9 Å². The second-order valence-corrected chi connectivity index (χ2v) is 6.02. The minimum absolute atomic E-state index is 0.0652. The highest BCUT2D eigenvalue weighted by Crippen LogP contribution is 2.36. The Bertz CT molecular complexity index is 488. The zero-order chi connectivity index (χ0) is 13.2. The summed E-state index contributed by atoms with van der Waals surface area (Å²) in [6, 6.07) is 4.70. The lowest BCUT2D eigenvalue weighted by Crippen LogP contribution is -2.38. The van der Waals surface area contributed by atoms with Crippen molar-refractivity contribution >= 4 is 17.7 Å². The van der Waals surface area contributed by atoms with E-state index in [1.54, 1.807) is 17.8 Å². The van der Waals surface area contributed by atoms with Crippen LogP contribution in [-0.2, 0) is 9.53 Å². The molecule has 2 aliphatic rings. The third kappa shape index (κ3) is 2.77. The number of nitrogens with one attached hydrogen (secondary N) is 1. The zero-order valence-electron chi connectivity index (χ0n) is 10.5. The van der Waals surface area contributed by atoms with E-state index in [9.17, 15) is 9.18 Å². The first-order valence-electron chi connectivity index (χ1n) is 6.58. The molecule has 3 rings (SSSR count). The van der Waals surface area contributed by atoms with Gasteiger partial charge in [-0.05, 0) is 43.0 Å². The average molecular weight is 281 g/mol. The molecule has 2 atom stereocenters. The average Bonchev–Trinajstić information content (AvgIpc) is 2.93. The molecule has 102 valence electrons. The number of thioether (sulfide) groups is 1. The van der Waals surface area contributed by atoms with Gasteiger partial charge in [-0.15, -0.1) is 11.8 Å². The van der Waals surface area contributed by atoms with Crippen LogP contribution in [0.15, 0.2) is 23.1 Å². The molecule has 0 radical (unpaired) electrons. The van der Waals surface area contributed by atoms with Crippen LogP contribution in [0.25, 0.3) is 0 Å². The summed E-state index contributed by atoms with van der Waals surface area (Å²) in [6.07, 6.45) is 2.22. The summed E-state index contributed by atoms with van der Waals surface area (Å²) in [6.45, 7) is 0.657. The van der Waals surface area contributed by atoms with Crippen molar-refractivity contribution in [1.29, 1.82) is 0 Å². The van der Waals surface area contributed by atoms with Gasteiger partial charge in [0.15, 0.2) is 0 Å². The Morgan fingerprint density at radius 1 is 1.42 bits per heavy atom. The van der Waals surface area contributed by atoms with Gasteiger partial charge < -0.3 is 10.1 Å². The van der Waals surface area contributed by atoms with Gasteiger partial charge in [-0.2, -0.15) is 0 Å². The van der Waals surface area contributed by atoms with Crippen LogP contribution in [-0.4, -0.2) is 24.4 Å². The molecule has 0 aromatic heterocycles. The van der Waals surface area contributed by atoms with Gasteiger partial charge in [-0.25, -0.2) is 4.39 Å². The van der Waals surface area contributed by atoms with Crippen molar-refractivity contribution in [3.8, 4) is 0 Å². The summed E-state index contributed by atoms with van der Waals surface area (Å²) >= 11 is 1.71. The Hall–Kier alpha value is -1.07. The molecular formula is C14H16FNO2S. The Labute approximate surface area is 115 Å². The van der Waals surface area contributed by atoms with Gasteiger partial charge in [0, 0.05) is 17.3 Å². The number of carbonyl (C=O) groups excluding carboxylic acids is 1. The fraction of sp³-hybridized carbons (Fsp3) is 0.500. The van der Waals surface area contributed by atoms with E-state index in [1.165, 1.54) is 12.1 Å². The second-order valence-electron chi connectivity index (χ2n) is 4.88. The normalized spacial score (nSPS) is 25.9. The van der Waals surface area contributed by atoms with Crippen molar-refractivity contribution in [2.24, 2.45) is 0 Å². The van der Waals surface area contributed by atoms with Gasteiger partial charge in [-0.1, -0.05) is 0 Å². The van der Waals surface area contributed by atoms with Gasteiger partial charge in [0.2, 0.25) is 5.91 Å². The third-order valence-electron chi connectivity index (χ3n) is 3.55. The monoisotopic (exact) mass is 281 g/mol.